The summed E-state index contributed by atoms with van der Waals surface area (Å²) in [6.07, 6.45) is 1.39. The fraction of sp³-hybridized carbons (Fsp3) is 0.786. The monoisotopic (exact) mass is 284 g/mol. The molecule has 0 spiro atoms. The fourth-order valence-corrected chi connectivity index (χ4v) is 2.09. The number of rotatable bonds is 3. The number of ether oxygens (including phenoxy) is 1. The lowest BCUT2D eigenvalue weighted by atomic mass is 10.1. The van der Waals surface area contributed by atoms with Crippen molar-refractivity contribution in [2.24, 2.45) is 0 Å². The smallest absolute Gasteiger partial charge is 0.329 e. The first-order chi connectivity index (χ1) is 9.11. The summed E-state index contributed by atoms with van der Waals surface area (Å²) in [7, 11) is 1.57. The van der Waals surface area contributed by atoms with E-state index < -0.39 is 11.6 Å². The first-order valence-electron chi connectivity index (χ1n) is 6.86. The number of likely N-dealkylation sites (N-methyl/N-ethyl adjacent to an activating group) is 1. The molecule has 1 rings (SSSR count). The summed E-state index contributed by atoms with van der Waals surface area (Å²) in [4.78, 5) is 38.3. The highest BCUT2D eigenvalue weighted by Crippen LogP contribution is 2.21. The van der Waals surface area contributed by atoms with Crippen molar-refractivity contribution < 1.29 is 19.1 Å². The number of carbonyl (C=O) groups is 3. The molecule has 0 aliphatic carbocycles. The van der Waals surface area contributed by atoms with Crippen LogP contribution < -0.4 is 0 Å². The molecule has 1 aliphatic heterocycles. The summed E-state index contributed by atoms with van der Waals surface area (Å²) < 4.78 is 5.34. The van der Waals surface area contributed by atoms with Crippen molar-refractivity contribution in [2.75, 3.05) is 20.1 Å². The molecule has 1 heterocycles. The quantitative estimate of drug-likeness (QED) is 0.719. The molecule has 0 aromatic heterocycles. The molecule has 0 aromatic rings. The predicted molar refractivity (Wildman–Crippen MR) is 73.9 cm³/mol. The number of likely N-dealkylation sites (tertiary alicyclic amines) is 1. The van der Waals surface area contributed by atoms with Gasteiger partial charge in [0.05, 0.1) is 6.54 Å². The zero-order valence-electron chi connectivity index (χ0n) is 12.9. The van der Waals surface area contributed by atoms with E-state index in [2.05, 4.69) is 0 Å². The van der Waals surface area contributed by atoms with Gasteiger partial charge in [0.25, 0.3) is 0 Å². The van der Waals surface area contributed by atoms with Crippen LogP contribution in [-0.4, -0.2) is 59.4 Å². The normalized spacial score (nSPS) is 18.9. The van der Waals surface area contributed by atoms with Gasteiger partial charge in [-0.15, -0.1) is 0 Å². The van der Waals surface area contributed by atoms with Gasteiger partial charge in [-0.25, -0.2) is 4.79 Å². The minimum Gasteiger partial charge on any atom is -0.458 e. The Balaban J connectivity index is 2.67. The van der Waals surface area contributed by atoms with Crippen molar-refractivity contribution in [3.63, 3.8) is 0 Å². The molecule has 0 bridgehead atoms. The highest BCUT2D eigenvalue weighted by atomic mass is 16.6. The number of esters is 1. The van der Waals surface area contributed by atoms with E-state index in [0.29, 0.717) is 13.0 Å². The first kappa shape index (κ1) is 16.5. The molecule has 0 radical (unpaired) electrons. The molecule has 1 fully saturated rings. The predicted octanol–water partition coefficient (Wildman–Crippen LogP) is 0.797. The third-order valence-corrected chi connectivity index (χ3v) is 3.16. The van der Waals surface area contributed by atoms with Gasteiger partial charge in [0, 0.05) is 20.5 Å². The van der Waals surface area contributed by atoms with Gasteiger partial charge in [-0.05, 0) is 33.6 Å². The highest BCUT2D eigenvalue weighted by molar-refractivity contribution is 5.88. The van der Waals surface area contributed by atoms with E-state index in [1.165, 1.54) is 16.7 Å². The van der Waals surface area contributed by atoms with Crippen molar-refractivity contribution in [1.82, 2.24) is 9.80 Å². The third kappa shape index (κ3) is 4.51. The maximum absolute atomic E-state index is 12.2. The van der Waals surface area contributed by atoms with Crippen LogP contribution in [0.25, 0.3) is 0 Å². The zero-order valence-corrected chi connectivity index (χ0v) is 12.9. The lowest BCUT2D eigenvalue weighted by Crippen LogP contribution is -2.47. The van der Waals surface area contributed by atoms with Crippen LogP contribution in [0.1, 0.15) is 40.5 Å². The second-order valence-electron chi connectivity index (χ2n) is 6.15. The van der Waals surface area contributed by atoms with Crippen molar-refractivity contribution in [3.05, 3.63) is 0 Å². The van der Waals surface area contributed by atoms with Crippen molar-refractivity contribution in [1.29, 1.82) is 0 Å². The van der Waals surface area contributed by atoms with E-state index in [1.807, 2.05) is 0 Å². The summed E-state index contributed by atoms with van der Waals surface area (Å²) in [6, 6.07) is -0.526. The third-order valence-electron chi connectivity index (χ3n) is 3.16. The van der Waals surface area contributed by atoms with Crippen LogP contribution in [0.4, 0.5) is 0 Å². The van der Waals surface area contributed by atoms with Gasteiger partial charge in [0.1, 0.15) is 11.6 Å². The Hall–Kier alpha value is -1.59. The van der Waals surface area contributed by atoms with E-state index in [1.54, 1.807) is 27.8 Å². The Bertz CT molecular complexity index is 400. The number of carbonyl (C=O) groups excluding carboxylic acids is 3. The minimum atomic E-state index is -0.565. The highest BCUT2D eigenvalue weighted by Gasteiger charge is 2.37. The van der Waals surface area contributed by atoms with Crippen LogP contribution in [0.2, 0.25) is 0 Å². The summed E-state index contributed by atoms with van der Waals surface area (Å²) >= 11 is 0. The van der Waals surface area contributed by atoms with Crippen LogP contribution in [0.15, 0.2) is 0 Å². The average molecular weight is 284 g/mol. The Morgan fingerprint density at radius 3 is 2.40 bits per heavy atom. The molecule has 20 heavy (non-hydrogen) atoms. The standard InChI is InChI=1S/C14H24N2O4/c1-10(17)15(5)9-12(18)16-8-6-7-11(16)13(19)20-14(2,3)4/h11H,6-9H2,1-5H3/t11-/m0/s1. The van der Waals surface area contributed by atoms with Gasteiger partial charge in [-0.3, -0.25) is 9.59 Å². The SMILES string of the molecule is CC(=O)N(C)CC(=O)N1CCC[C@H]1C(=O)OC(C)(C)C. The molecule has 0 N–H and O–H groups in total. The molecule has 2 amide bonds. The van der Waals surface area contributed by atoms with E-state index in [0.717, 1.165) is 6.42 Å². The topological polar surface area (TPSA) is 66.9 Å². The second kappa shape index (κ2) is 6.24. The van der Waals surface area contributed by atoms with Crippen LogP contribution in [0.5, 0.6) is 0 Å². The summed E-state index contributed by atoms with van der Waals surface area (Å²) in [5, 5.41) is 0. The van der Waals surface area contributed by atoms with E-state index in [9.17, 15) is 14.4 Å². The van der Waals surface area contributed by atoms with E-state index >= 15 is 0 Å². The van der Waals surface area contributed by atoms with Gasteiger partial charge < -0.3 is 14.5 Å². The average Bonchev–Trinajstić information content (AvgIpc) is 2.74. The number of hydrogen-bond acceptors (Lipinski definition) is 4. The molecule has 6 heteroatoms. The molecule has 1 atom stereocenters. The van der Waals surface area contributed by atoms with Gasteiger partial charge in [-0.2, -0.15) is 0 Å². The van der Waals surface area contributed by atoms with E-state index in [-0.39, 0.29) is 24.3 Å². The summed E-state index contributed by atoms with van der Waals surface area (Å²) in [5.41, 5.74) is -0.565. The Morgan fingerprint density at radius 1 is 1.30 bits per heavy atom. The second-order valence-corrected chi connectivity index (χ2v) is 6.15. The number of hydrogen-bond donors (Lipinski definition) is 0. The molecule has 114 valence electrons. The van der Waals surface area contributed by atoms with Gasteiger partial charge in [0.15, 0.2) is 0 Å². The number of amides is 2. The van der Waals surface area contributed by atoms with Crippen molar-refractivity contribution in [3.8, 4) is 0 Å². The maximum Gasteiger partial charge on any atom is 0.329 e. The summed E-state index contributed by atoms with van der Waals surface area (Å²) in [6.45, 7) is 7.34. The van der Waals surface area contributed by atoms with Crippen LogP contribution in [-0.2, 0) is 19.1 Å². The van der Waals surface area contributed by atoms with Crippen LogP contribution in [0, 0.1) is 0 Å². The van der Waals surface area contributed by atoms with Crippen molar-refractivity contribution in [2.45, 2.75) is 52.2 Å². The van der Waals surface area contributed by atoms with Gasteiger partial charge >= 0.3 is 5.97 Å². The molecule has 1 aliphatic rings. The molecule has 0 aromatic carbocycles. The van der Waals surface area contributed by atoms with Crippen LogP contribution >= 0.6 is 0 Å². The molecule has 0 unspecified atom stereocenters. The maximum atomic E-state index is 12.2. The lowest BCUT2D eigenvalue weighted by molar-refractivity contribution is -0.163. The van der Waals surface area contributed by atoms with Gasteiger partial charge in [-0.1, -0.05) is 0 Å². The molecule has 0 saturated carbocycles. The Kier molecular flexibility index (Phi) is 5.14. The van der Waals surface area contributed by atoms with Gasteiger partial charge in [0.2, 0.25) is 11.8 Å². The fourth-order valence-electron chi connectivity index (χ4n) is 2.09. The minimum absolute atomic E-state index is 0.00533. The largest absolute Gasteiger partial charge is 0.458 e. The van der Waals surface area contributed by atoms with Crippen LogP contribution in [0.3, 0.4) is 0 Å². The number of nitrogens with zero attached hydrogens (tertiary/aromatic N) is 2. The molecule has 6 nitrogen and oxygen atoms in total. The first-order valence-corrected chi connectivity index (χ1v) is 6.86. The van der Waals surface area contributed by atoms with Crippen molar-refractivity contribution >= 4 is 17.8 Å². The molecule has 1 saturated heterocycles. The summed E-state index contributed by atoms with van der Waals surface area (Å²) in [5.74, 6) is -0.753. The van der Waals surface area contributed by atoms with E-state index in [4.69, 9.17) is 4.74 Å². The zero-order chi connectivity index (χ0) is 15.5. The Morgan fingerprint density at radius 2 is 1.90 bits per heavy atom. The molecular formula is C14H24N2O4. The lowest BCUT2D eigenvalue weighted by Gasteiger charge is -2.28. The molecular weight excluding hydrogens is 260 g/mol. The Labute approximate surface area is 120 Å².